The van der Waals surface area contributed by atoms with Gasteiger partial charge in [-0.15, -0.1) is 0 Å². The van der Waals surface area contributed by atoms with Gasteiger partial charge in [-0.25, -0.2) is 0 Å². The van der Waals surface area contributed by atoms with Crippen LogP contribution in [-0.2, 0) is 95.5 Å². The van der Waals surface area contributed by atoms with Gasteiger partial charge < -0.3 is 97.5 Å². The second kappa shape index (κ2) is 31.5. The maximum atomic E-state index is 14.0. The van der Waals surface area contributed by atoms with Crippen LogP contribution in [0.25, 0.3) is 0 Å². The van der Waals surface area contributed by atoms with Crippen LogP contribution in [0.3, 0.4) is 0 Å². The molecular weight excluding hydrogens is 1410 g/mol. The van der Waals surface area contributed by atoms with Crippen molar-refractivity contribution in [2.45, 2.75) is 396 Å². The van der Waals surface area contributed by atoms with Crippen LogP contribution in [0.15, 0.2) is 48.6 Å². The Morgan fingerprint density at radius 2 is 0.861 bits per heavy atom. The quantitative estimate of drug-likeness (QED) is 0.124. The van der Waals surface area contributed by atoms with Crippen molar-refractivity contribution in [3.05, 3.63) is 48.6 Å². The molecule has 606 valence electrons. The van der Waals surface area contributed by atoms with Gasteiger partial charge in [0.1, 0.15) is 78.2 Å². The Morgan fingerprint density at radius 3 is 1.37 bits per heavy atom. The van der Waals surface area contributed by atoms with Crippen molar-refractivity contribution in [1.29, 1.82) is 0 Å². The molecule has 0 amide bonds. The van der Waals surface area contributed by atoms with E-state index in [2.05, 4.69) is 60.9 Å². The molecule has 26 heteroatoms. The van der Waals surface area contributed by atoms with Crippen LogP contribution in [0.2, 0.25) is 0 Å². The van der Waals surface area contributed by atoms with Gasteiger partial charge >= 0.3 is 0 Å². The minimum absolute atomic E-state index is 0.00127. The highest BCUT2D eigenvalue weighted by atomic mass is 32.2. The summed E-state index contributed by atoms with van der Waals surface area (Å²) in [4.78, 5) is 28.0. The van der Waals surface area contributed by atoms with Crippen molar-refractivity contribution in [3.8, 4) is 0 Å². The van der Waals surface area contributed by atoms with Gasteiger partial charge in [-0.2, -0.15) is 8.42 Å². The fraction of sp³-hybridized carbons (Fsp3) is 0.878. The zero-order chi connectivity index (χ0) is 75.8. The molecule has 20 saturated heterocycles. The Labute approximate surface area is 637 Å². The molecule has 25 nitrogen and oxygen atoms in total. The van der Waals surface area contributed by atoms with E-state index in [0.29, 0.717) is 95.1 Å². The molecule has 0 radical (unpaired) electrons. The van der Waals surface area contributed by atoms with Crippen LogP contribution >= 0.6 is 0 Å². The molecule has 108 heavy (non-hydrogen) atoms. The summed E-state index contributed by atoms with van der Waals surface area (Å²) in [6.45, 7) is 29.1. The van der Waals surface area contributed by atoms with E-state index >= 15 is 0 Å². The molecule has 8 unspecified atom stereocenters. The number of nitrogens with two attached hydrogens (primary N) is 2. The van der Waals surface area contributed by atoms with E-state index in [0.717, 1.165) is 112 Å². The third kappa shape index (κ3) is 16.1. The predicted octanol–water partition coefficient (Wildman–Crippen LogP) is 8.01. The van der Waals surface area contributed by atoms with Crippen LogP contribution in [0.4, 0.5) is 0 Å². The van der Waals surface area contributed by atoms with Gasteiger partial charge in [0, 0.05) is 90.1 Å². The van der Waals surface area contributed by atoms with Crippen LogP contribution in [0.1, 0.15) is 202 Å². The van der Waals surface area contributed by atoms with Gasteiger partial charge in [0.25, 0.3) is 10.1 Å². The van der Waals surface area contributed by atoms with Crippen molar-refractivity contribution >= 4 is 21.7 Å². The molecule has 38 atom stereocenters. The van der Waals surface area contributed by atoms with E-state index in [1.807, 2.05) is 0 Å². The molecule has 20 aliphatic rings. The number of Topliss-reactive ketones (excluding diaryl/α,β-unsaturated/α-hetero) is 2. The first-order valence-electron chi connectivity index (χ1n) is 41.5. The number of hydrogen-bond acceptors (Lipinski definition) is 24. The standard InChI is InChI=1S/C41H61NO10.C40H59NO10.CH4O3S/c1-20-12-26-6-8-30-21(2)13-28(45-30)10-11-41-19-40(5)39(52-41)38-37(50-40)36(51-41)35-31(49-38)9-7-27(47-35)14-24(43)15-29-23(4)32(16-25(44)18-42)48-34(29)17-33(46-26)22(20)3;1-19-11-25-5-7-29-20(2)12-27(44-29)9-10-40-17-34-36(50-40)37-38(49-34)39(51-40)35-30(48-37)8-6-26(46-35)13-23(42)14-28-22(4)31(15-24(43)18-41)47-33(28)16-32(45-25)21(19)3;1-5(2,3)4/h20,23,25-39,44H,2-3,6-19,42H2,1,4-5H3;19,22,24-39,43H,2-3,5-18,41H2,1,4H3;1H3,(H,2,3,4)/t20-,23-,25+,26?,27?,28+,29-,30+,31+,32-,33-,34?,35+,36+,37+,38-,39?,40-,41-;19-,22-,24+,25?,26?,27+,28-,29+,30+,31-,32-,33?,34-,35+,36?,37+,38-,39+,40+;/m11./s1. The first kappa shape index (κ1) is 79.3. The molecule has 7 N–H and O–H groups in total. The highest BCUT2D eigenvalue weighted by Gasteiger charge is 2.74. The third-order valence-corrected chi connectivity index (χ3v) is 28.7. The number of rotatable bonds is 6. The van der Waals surface area contributed by atoms with Crippen molar-refractivity contribution in [1.82, 2.24) is 0 Å². The Bertz CT molecular complexity index is 3430. The predicted molar refractivity (Wildman–Crippen MR) is 391 cm³/mol. The fourth-order valence-electron chi connectivity index (χ4n) is 23.0. The van der Waals surface area contributed by atoms with Crippen molar-refractivity contribution in [3.63, 3.8) is 0 Å². The molecule has 0 aromatic rings. The summed E-state index contributed by atoms with van der Waals surface area (Å²) in [7, 11) is -3.67. The number of aliphatic hydroxyl groups excluding tert-OH is 2. The molecule has 20 heterocycles. The highest BCUT2D eigenvalue weighted by Crippen LogP contribution is 2.60. The number of fused-ring (bicyclic) bond motifs is 12. The number of ketones is 2. The minimum atomic E-state index is -3.67. The molecule has 0 saturated carbocycles. The first-order valence-corrected chi connectivity index (χ1v) is 43.4. The number of carbonyl (C=O) groups excluding carboxylic acids is 2. The van der Waals surface area contributed by atoms with E-state index in [-0.39, 0.29) is 213 Å². The number of carbonyl (C=O) groups is 2. The third-order valence-electron chi connectivity index (χ3n) is 28.7. The monoisotopic (exact) mass is 1540 g/mol. The lowest BCUT2D eigenvalue weighted by Crippen LogP contribution is -2.61. The molecular formula is C82H124N2O23S. The molecule has 0 aromatic heterocycles. The summed E-state index contributed by atoms with van der Waals surface area (Å²) in [6.07, 6.45) is 13.3. The Balaban J connectivity index is 0.000000155. The molecule has 20 fully saturated rings. The van der Waals surface area contributed by atoms with Crippen LogP contribution < -0.4 is 11.5 Å². The fourth-order valence-corrected chi connectivity index (χ4v) is 23.0. The molecule has 0 aliphatic carbocycles. The molecule has 24 bridgehead atoms. The summed E-state index contributed by atoms with van der Waals surface area (Å²) in [5, 5.41) is 21.0. The summed E-state index contributed by atoms with van der Waals surface area (Å²) in [6, 6.07) is 0. The van der Waals surface area contributed by atoms with Crippen LogP contribution in [0, 0.1) is 35.5 Å². The van der Waals surface area contributed by atoms with Gasteiger partial charge in [0.15, 0.2) is 11.6 Å². The summed E-state index contributed by atoms with van der Waals surface area (Å²) < 4.78 is 134. The average molecular weight is 1540 g/mol. The maximum Gasteiger partial charge on any atom is 0.261 e. The lowest BCUT2D eigenvalue weighted by Gasteiger charge is -2.47. The molecule has 20 rings (SSSR count). The van der Waals surface area contributed by atoms with E-state index < -0.39 is 39.5 Å². The van der Waals surface area contributed by atoms with Crippen LogP contribution in [-0.4, -0.2) is 248 Å². The largest absolute Gasteiger partial charge is 0.392 e. The highest BCUT2D eigenvalue weighted by molar-refractivity contribution is 7.85. The first-order chi connectivity index (χ1) is 51.5. The SMILES string of the molecule is C=C1C[C@@H]2CC[C@@]34C[C@@]5(C)O[C@H]6[C@@H](O3)[C@H]3OC(CC[C@@H]3O[C@H]6C5O4)CC(=O)C[C@H]3C(C[C@H]4OC(CC[C@@H]1O2)C[C@@H](C)C4=C)O[C@H](C[C@H](O)CN)[C@@H]3C.C=C1C[C@@H]2CC[C@@]34C[C@H]5O[C@H]6[C@@H](O3)[C@H]3OC(CC[C@@H]3O[C@H]6C5O4)CC(=O)C[C@H]3C(C[C@H]4OC(CC[C@@H]1O2)C[C@@H](C)C4=C)O[C@H](C[C@H](O)CN)[C@@H]3C.CS(=O)(=O)O. The van der Waals surface area contributed by atoms with Gasteiger partial charge in [0.2, 0.25) is 0 Å². The summed E-state index contributed by atoms with van der Waals surface area (Å²) in [5.74, 6) is -0.494. The van der Waals surface area contributed by atoms with Gasteiger partial charge in [-0.1, -0.05) is 54.0 Å². The Kier molecular flexibility index (Phi) is 23.1. The van der Waals surface area contributed by atoms with E-state index in [4.69, 9.17) is 91.8 Å². The zero-order valence-corrected chi connectivity index (χ0v) is 65.2. The smallest absolute Gasteiger partial charge is 0.261 e. The topological polar surface area (TPSA) is 329 Å². The van der Waals surface area contributed by atoms with Crippen molar-refractivity contribution in [2.75, 3.05) is 19.3 Å². The van der Waals surface area contributed by atoms with E-state index in [1.54, 1.807) is 0 Å². The minimum Gasteiger partial charge on any atom is -0.392 e. The van der Waals surface area contributed by atoms with Crippen molar-refractivity contribution < 1.29 is 109 Å². The van der Waals surface area contributed by atoms with Crippen LogP contribution in [0.5, 0.6) is 0 Å². The lowest BCUT2D eigenvalue weighted by molar-refractivity contribution is -0.294. The molecule has 20 aliphatic heterocycles. The van der Waals surface area contributed by atoms with Gasteiger partial charge in [0.05, 0.1) is 122 Å². The van der Waals surface area contributed by atoms with Crippen molar-refractivity contribution in [2.24, 2.45) is 47.0 Å². The summed E-state index contributed by atoms with van der Waals surface area (Å²) in [5.41, 5.74) is 15.6. The number of aliphatic hydroxyl groups is 2. The van der Waals surface area contributed by atoms with E-state index in [1.165, 1.54) is 0 Å². The normalized spacial score (nSPS) is 51.6. The second-order valence-electron chi connectivity index (χ2n) is 36.6. The summed E-state index contributed by atoms with van der Waals surface area (Å²) >= 11 is 0. The number of ether oxygens (including phenoxy) is 16. The van der Waals surface area contributed by atoms with E-state index in [9.17, 15) is 28.2 Å². The maximum absolute atomic E-state index is 14.0. The number of hydrogen-bond donors (Lipinski definition) is 5. The average Bonchev–Trinajstić information content (AvgIpc) is 1.54. The van der Waals surface area contributed by atoms with Gasteiger partial charge in [-0.05, 0) is 155 Å². The zero-order valence-electron chi connectivity index (χ0n) is 64.4. The van der Waals surface area contributed by atoms with Gasteiger partial charge in [-0.3, -0.25) is 14.1 Å². The lowest BCUT2D eigenvalue weighted by atomic mass is 9.78. The molecule has 2 spiro atoms. The Morgan fingerprint density at radius 1 is 0.444 bits per heavy atom. The second-order valence-corrected chi connectivity index (χ2v) is 38.1. The molecule has 0 aromatic carbocycles. The Hall–Kier alpha value is -2.59.